The number of methoxy groups -OCH3 is 1. The van der Waals surface area contributed by atoms with Gasteiger partial charge in [0.15, 0.2) is 0 Å². The highest BCUT2D eigenvalue weighted by atomic mass is 16.5. The predicted octanol–water partition coefficient (Wildman–Crippen LogP) is 3.79. The Bertz CT molecular complexity index is 625. The molecule has 0 bridgehead atoms. The van der Waals surface area contributed by atoms with Crippen molar-refractivity contribution in [2.45, 2.75) is 50.7 Å². The SMILES string of the molecule is COc1ccc([C@@H](O)[C@@H]2[C@H]3CC(CCCCCN(C)C)=C[C@H]3C[C@H]2O)cc1. The summed E-state index contributed by atoms with van der Waals surface area (Å²) in [6.07, 6.45) is 8.12. The molecule has 1 aromatic carbocycles. The van der Waals surface area contributed by atoms with Gasteiger partial charge in [-0.15, -0.1) is 0 Å². The molecule has 4 nitrogen and oxygen atoms in total. The Hall–Kier alpha value is -1.36. The highest BCUT2D eigenvalue weighted by Gasteiger charge is 2.47. The van der Waals surface area contributed by atoms with Crippen LogP contribution in [0.25, 0.3) is 0 Å². The van der Waals surface area contributed by atoms with Crippen LogP contribution in [-0.4, -0.2) is 49.0 Å². The molecule has 0 radical (unpaired) electrons. The number of ether oxygens (including phenoxy) is 1. The second-order valence-electron chi connectivity index (χ2n) is 8.57. The number of fused-ring (bicyclic) bond motifs is 1. The third kappa shape index (κ3) is 4.92. The Morgan fingerprint density at radius 3 is 2.56 bits per heavy atom. The van der Waals surface area contributed by atoms with Crippen molar-refractivity contribution in [3.8, 4) is 5.75 Å². The van der Waals surface area contributed by atoms with Gasteiger partial charge >= 0.3 is 0 Å². The first-order valence-electron chi connectivity index (χ1n) is 10.3. The van der Waals surface area contributed by atoms with E-state index in [9.17, 15) is 10.2 Å². The highest BCUT2D eigenvalue weighted by Crippen LogP contribution is 2.51. The summed E-state index contributed by atoms with van der Waals surface area (Å²) in [6, 6.07) is 7.59. The number of hydrogen-bond acceptors (Lipinski definition) is 4. The fraction of sp³-hybridized carbons (Fsp3) is 0.652. The summed E-state index contributed by atoms with van der Waals surface area (Å²) < 4.78 is 5.20. The number of hydrogen-bond donors (Lipinski definition) is 2. The van der Waals surface area contributed by atoms with Crippen LogP contribution < -0.4 is 4.74 Å². The van der Waals surface area contributed by atoms with E-state index in [0.717, 1.165) is 30.7 Å². The monoisotopic (exact) mass is 373 g/mol. The number of aliphatic hydroxyl groups is 2. The molecule has 0 heterocycles. The number of allylic oxidation sites excluding steroid dienone is 2. The largest absolute Gasteiger partial charge is 0.497 e. The Balaban J connectivity index is 1.55. The summed E-state index contributed by atoms with van der Waals surface area (Å²) >= 11 is 0. The number of benzene rings is 1. The number of rotatable bonds is 9. The van der Waals surface area contributed by atoms with Crippen LogP contribution in [0.15, 0.2) is 35.9 Å². The van der Waals surface area contributed by atoms with Gasteiger partial charge in [0.25, 0.3) is 0 Å². The van der Waals surface area contributed by atoms with Gasteiger partial charge < -0.3 is 19.8 Å². The van der Waals surface area contributed by atoms with Crippen LogP contribution in [-0.2, 0) is 0 Å². The summed E-state index contributed by atoms with van der Waals surface area (Å²) in [5, 5.41) is 21.6. The van der Waals surface area contributed by atoms with Crippen LogP contribution in [0, 0.1) is 17.8 Å². The zero-order valence-electron chi connectivity index (χ0n) is 17.0. The average molecular weight is 374 g/mol. The van der Waals surface area contributed by atoms with Crippen LogP contribution in [0.1, 0.15) is 50.2 Å². The first kappa shape index (κ1) is 20.4. The van der Waals surface area contributed by atoms with Crippen molar-refractivity contribution >= 4 is 0 Å². The lowest BCUT2D eigenvalue weighted by Crippen LogP contribution is -2.26. The molecule has 0 aliphatic heterocycles. The quantitative estimate of drug-likeness (QED) is 0.511. The Morgan fingerprint density at radius 1 is 1.15 bits per heavy atom. The average Bonchev–Trinajstić information content (AvgIpc) is 3.16. The maximum Gasteiger partial charge on any atom is 0.118 e. The van der Waals surface area contributed by atoms with E-state index in [2.05, 4.69) is 25.1 Å². The van der Waals surface area contributed by atoms with Crippen molar-refractivity contribution in [2.75, 3.05) is 27.7 Å². The fourth-order valence-corrected chi connectivity index (χ4v) is 4.94. The summed E-state index contributed by atoms with van der Waals surface area (Å²) in [6.45, 7) is 1.16. The summed E-state index contributed by atoms with van der Waals surface area (Å²) in [4.78, 5) is 2.24. The molecule has 1 fully saturated rings. The number of aliphatic hydroxyl groups excluding tert-OH is 2. The zero-order chi connectivity index (χ0) is 19.4. The van der Waals surface area contributed by atoms with Gasteiger partial charge in [0.1, 0.15) is 5.75 Å². The molecule has 0 saturated heterocycles. The van der Waals surface area contributed by atoms with Gasteiger partial charge in [-0.25, -0.2) is 0 Å². The second-order valence-corrected chi connectivity index (χ2v) is 8.57. The Kier molecular flexibility index (Phi) is 6.96. The molecule has 0 aromatic heterocycles. The van der Waals surface area contributed by atoms with Crippen molar-refractivity contribution in [3.63, 3.8) is 0 Å². The maximum absolute atomic E-state index is 11.0. The molecule has 0 unspecified atom stereocenters. The summed E-state index contributed by atoms with van der Waals surface area (Å²) in [5.74, 6) is 1.50. The van der Waals surface area contributed by atoms with Crippen LogP contribution in [0.4, 0.5) is 0 Å². The predicted molar refractivity (Wildman–Crippen MR) is 109 cm³/mol. The topological polar surface area (TPSA) is 52.9 Å². The van der Waals surface area contributed by atoms with Gasteiger partial charge in [0.2, 0.25) is 0 Å². The van der Waals surface area contributed by atoms with Crippen molar-refractivity contribution in [2.24, 2.45) is 17.8 Å². The van der Waals surface area contributed by atoms with Gasteiger partial charge in [-0.2, -0.15) is 0 Å². The third-order valence-corrected chi connectivity index (χ3v) is 6.38. The molecule has 1 saturated carbocycles. The van der Waals surface area contributed by atoms with Crippen molar-refractivity contribution in [3.05, 3.63) is 41.5 Å². The highest BCUT2D eigenvalue weighted by molar-refractivity contribution is 5.30. The van der Waals surface area contributed by atoms with Crippen LogP contribution in [0.3, 0.4) is 0 Å². The molecule has 5 atom stereocenters. The maximum atomic E-state index is 11.0. The molecule has 3 rings (SSSR count). The molecule has 2 aliphatic rings. The first-order valence-corrected chi connectivity index (χ1v) is 10.3. The Morgan fingerprint density at radius 2 is 1.89 bits per heavy atom. The van der Waals surface area contributed by atoms with Gasteiger partial charge in [0.05, 0.1) is 19.3 Å². The van der Waals surface area contributed by atoms with Crippen LogP contribution in [0.5, 0.6) is 5.75 Å². The minimum Gasteiger partial charge on any atom is -0.497 e. The van der Waals surface area contributed by atoms with Gasteiger partial charge in [-0.05, 0) is 82.3 Å². The smallest absolute Gasteiger partial charge is 0.118 e. The molecule has 1 aromatic rings. The molecular weight excluding hydrogens is 338 g/mol. The lowest BCUT2D eigenvalue weighted by Gasteiger charge is -2.27. The fourth-order valence-electron chi connectivity index (χ4n) is 4.94. The van der Waals surface area contributed by atoms with Crippen molar-refractivity contribution in [1.82, 2.24) is 4.90 Å². The number of nitrogens with zero attached hydrogens (tertiary/aromatic N) is 1. The van der Waals surface area contributed by atoms with E-state index in [1.807, 2.05) is 24.3 Å². The lowest BCUT2D eigenvalue weighted by molar-refractivity contribution is 0.0109. The van der Waals surface area contributed by atoms with Crippen LogP contribution >= 0.6 is 0 Å². The zero-order valence-corrected chi connectivity index (χ0v) is 17.0. The molecule has 0 amide bonds. The summed E-state index contributed by atoms with van der Waals surface area (Å²) in [5.41, 5.74) is 2.41. The van der Waals surface area contributed by atoms with E-state index in [-0.39, 0.29) is 5.92 Å². The third-order valence-electron chi connectivity index (χ3n) is 6.38. The van der Waals surface area contributed by atoms with Gasteiger partial charge in [-0.1, -0.05) is 30.2 Å². The molecular formula is C23H35NO3. The second kappa shape index (κ2) is 9.22. The minimum atomic E-state index is -0.617. The van der Waals surface area contributed by atoms with E-state index in [1.54, 1.807) is 7.11 Å². The van der Waals surface area contributed by atoms with E-state index in [4.69, 9.17) is 4.74 Å². The van der Waals surface area contributed by atoms with E-state index < -0.39 is 12.2 Å². The normalized spacial score (nSPS) is 28.3. The van der Waals surface area contributed by atoms with Gasteiger partial charge in [0, 0.05) is 5.92 Å². The van der Waals surface area contributed by atoms with Crippen molar-refractivity contribution < 1.29 is 14.9 Å². The molecule has 4 heteroatoms. The minimum absolute atomic E-state index is 0.0779. The van der Waals surface area contributed by atoms with E-state index in [0.29, 0.717) is 11.8 Å². The molecule has 0 spiro atoms. The van der Waals surface area contributed by atoms with E-state index >= 15 is 0 Å². The lowest BCUT2D eigenvalue weighted by atomic mass is 9.82. The molecule has 150 valence electrons. The molecule has 2 aliphatic carbocycles. The molecule has 2 N–H and O–H groups in total. The summed E-state index contributed by atoms with van der Waals surface area (Å²) in [7, 11) is 5.89. The number of unbranched alkanes of at least 4 members (excludes halogenated alkanes) is 2. The van der Waals surface area contributed by atoms with Gasteiger partial charge in [-0.3, -0.25) is 0 Å². The molecule has 27 heavy (non-hydrogen) atoms. The standard InChI is InChI=1S/C23H35NO3/c1-24(2)12-6-4-5-7-16-13-18-15-21(25)22(20(18)14-16)23(26)17-8-10-19(27-3)11-9-17/h8-11,13,18,20-23,25-26H,4-7,12,14-15H2,1-3H3/t18-,20-,21+,22+,23+/m0/s1. The Labute approximate surface area is 163 Å². The first-order chi connectivity index (χ1) is 13.0. The van der Waals surface area contributed by atoms with E-state index in [1.165, 1.54) is 31.3 Å². The van der Waals surface area contributed by atoms with Crippen molar-refractivity contribution in [1.29, 1.82) is 0 Å². The van der Waals surface area contributed by atoms with Crippen LogP contribution in [0.2, 0.25) is 0 Å².